The van der Waals surface area contributed by atoms with E-state index >= 15 is 0 Å². The third kappa shape index (κ3) is 2.54. The van der Waals surface area contributed by atoms with Crippen molar-refractivity contribution in [3.05, 3.63) is 23.5 Å². The average molecular weight is 263 g/mol. The van der Waals surface area contributed by atoms with Gasteiger partial charge < -0.3 is 9.47 Å². The summed E-state index contributed by atoms with van der Waals surface area (Å²) in [5.41, 5.74) is 0.686. The van der Waals surface area contributed by atoms with Crippen LogP contribution in [0.2, 0.25) is 0 Å². The standard InChI is InChI=1S/C12H13N3O4/c1-7(16)8-3-9(14(2)4-8)12(19)15-5-10(17)13-11(18)6-15/h3-4H,5-6H2,1-2H3,(H,13,17,18). The van der Waals surface area contributed by atoms with Crippen molar-refractivity contribution < 1.29 is 19.2 Å². The molecule has 1 aliphatic rings. The van der Waals surface area contributed by atoms with E-state index in [2.05, 4.69) is 5.32 Å². The van der Waals surface area contributed by atoms with Crippen molar-refractivity contribution in [2.75, 3.05) is 13.1 Å². The number of carbonyl (C=O) groups excluding carboxylic acids is 4. The largest absolute Gasteiger partial charge is 0.346 e. The van der Waals surface area contributed by atoms with Crippen LogP contribution in [0, 0.1) is 0 Å². The first kappa shape index (κ1) is 13.0. The Labute approximate surface area is 109 Å². The first-order valence-corrected chi connectivity index (χ1v) is 5.67. The molecule has 0 aromatic carbocycles. The van der Waals surface area contributed by atoms with Crippen LogP contribution >= 0.6 is 0 Å². The van der Waals surface area contributed by atoms with Crippen molar-refractivity contribution in [3.63, 3.8) is 0 Å². The average Bonchev–Trinajstić information content (AvgIpc) is 2.69. The fourth-order valence-electron chi connectivity index (χ4n) is 1.91. The summed E-state index contributed by atoms with van der Waals surface area (Å²) in [6.45, 7) is 1.08. The summed E-state index contributed by atoms with van der Waals surface area (Å²) in [5, 5.41) is 2.12. The lowest BCUT2D eigenvalue weighted by molar-refractivity contribution is -0.135. The molecule has 0 aliphatic carbocycles. The van der Waals surface area contributed by atoms with Gasteiger partial charge in [0.25, 0.3) is 5.91 Å². The van der Waals surface area contributed by atoms with E-state index < -0.39 is 17.7 Å². The summed E-state index contributed by atoms with van der Waals surface area (Å²) >= 11 is 0. The topological polar surface area (TPSA) is 88.5 Å². The number of ketones is 1. The van der Waals surface area contributed by atoms with Crippen LogP contribution in [0.1, 0.15) is 27.8 Å². The smallest absolute Gasteiger partial charge is 0.271 e. The molecule has 1 aromatic heterocycles. The van der Waals surface area contributed by atoms with Gasteiger partial charge >= 0.3 is 0 Å². The maximum Gasteiger partial charge on any atom is 0.271 e. The van der Waals surface area contributed by atoms with Crippen molar-refractivity contribution in [2.24, 2.45) is 7.05 Å². The number of amides is 3. The molecule has 0 radical (unpaired) electrons. The second-order valence-corrected chi connectivity index (χ2v) is 4.41. The zero-order valence-electron chi connectivity index (χ0n) is 10.6. The third-order valence-electron chi connectivity index (χ3n) is 2.87. The van der Waals surface area contributed by atoms with Gasteiger partial charge in [-0.1, -0.05) is 0 Å². The highest BCUT2D eigenvalue weighted by atomic mass is 16.2. The molecule has 19 heavy (non-hydrogen) atoms. The lowest BCUT2D eigenvalue weighted by Crippen LogP contribution is -2.53. The van der Waals surface area contributed by atoms with Crippen LogP contribution in [0.3, 0.4) is 0 Å². The quantitative estimate of drug-likeness (QED) is 0.566. The second kappa shape index (κ2) is 4.68. The molecular weight excluding hydrogens is 250 g/mol. The Kier molecular flexibility index (Phi) is 3.20. The number of aromatic nitrogens is 1. The Morgan fingerprint density at radius 3 is 2.26 bits per heavy atom. The fourth-order valence-corrected chi connectivity index (χ4v) is 1.91. The first-order chi connectivity index (χ1) is 8.88. The van der Waals surface area contributed by atoms with E-state index in [1.54, 1.807) is 13.2 Å². The number of Topliss-reactive ketones (excluding diaryl/α,β-unsaturated/α-hetero) is 1. The van der Waals surface area contributed by atoms with Crippen LogP contribution in [-0.2, 0) is 16.6 Å². The summed E-state index contributed by atoms with van der Waals surface area (Å²) in [4.78, 5) is 47.1. The molecule has 1 aliphatic heterocycles. The lowest BCUT2D eigenvalue weighted by Gasteiger charge is -2.25. The minimum atomic E-state index is -0.509. The van der Waals surface area contributed by atoms with Gasteiger partial charge in [-0.2, -0.15) is 0 Å². The number of aryl methyl sites for hydroxylation is 1. The summed E-state index contributed by atoms with van der Waals surface area (Å²) < 4.78 is 1.51. The monoisotopic (exact) mass is 263 g/mol. The SMILES string of the molecule is CC(=O)c1cc(C(=O)N2CC(=O)NC(=O)C2)n(C)c1. The van der Waals surface area contributed by atoms with E-state index in [1.165, 1.54) is 17.6 Å². The number of hydrogen-bond acceptors (Lipinski definition) is 4. The molecule has 2 rings (SSSR count). The minimum Gasteiger partial charge on any atom is -0.346 e. The molecule has 1 aromatic rings. The summed E-state index contributed by atoms with van der Waals surface area (Å²) in [6.07, 6.45) is 1.54. The van der Waals surface area contributed by atoms with E-state index in [-0.39, 0.29) is 24.6 Å². The van der Waals surface area contributed by atoms with Crippen LogP contribution in [-0.4, -0.2) is 46.1 Å². The van der Waals surface area contributed by atoms with Gasteiger partial charge in [-0.25, -0.2) is 0 Å². The molecule has 1 N–H and O–H groups in total. The highest BCUT2D eigenvalue weighted by Gasteiger charge is 2.28. The Balaban J connectivity index is 2.26. The summed E-state index contributed by atoms with van der Waals surface area (Å²) in [7, 11) is 1.63. The van der Waals surface area contributed by atoms with Crippen molar-refractivity contribution >= 4 is 23.5 Å². The van der Waals surface area contributed by atoms with Crippen molar-refractivity contribution in [1.29, 1.82) is 0 Å². The molecule has 0 unspecified atom stereocenters. The Bertz CT molecular complexity index is 572. The number of hydrogen-bond donors (Lipinski definition) is 1. The van der Waals surface area contributed by atoms with E-state index in [9.17, 15) is 19.2 Å². The highest BCUT2D eigenvalue weighted by molar-refractivity contribution is 6.06. The molecule has 1 saturated heterocycles. The van der Waals surface area contributed by atoms with Crippen molar-refractivity contribution in [2.45, 2.75) is 6.92 Å². The van der Waals surface area contributed by atoms with Crippen LogP contribution in [0.5, 0.6) is 0 Å². The van der Waals surface area contributed by atoms with Gasteiger partial charge in [0.2, 0.25) is 11.8 Å². The molecular formula is C12H13N3O4. The van der Waals surface area contributed by atoms with Crippen LogP contribution in [0.15, 0.2) is 12.3 Å². The number of rotatable bonds is 2. The number of nitrogens with zero attached hydrogens (tertiary/aromatic N) is 2. The third-order valence-corrected chi connectivity index (χ3v) is 2.87. The molecule has 0 atom stereocenters. The minimum absolute atomic E-state index is 0.151. The van der Waals surface area contributed by atoms with Gasteiger partial charge in [0.1, 0.15) is 18.8 Å². The molecule has 2 heterocycles. The second-order valence-electron chi connectivity index (χ2n) is 4.41. The number of piperazine rings is 1. The van der Waals surface area contributed by atoms with Gasteiger partial charge in [0, 0.05) is 18.8 Å². The first-order valence-electron chi connectivity index (χ1n) is 5.67. The molecule has 3 amide bonds. The zero-order valence-corrected chi connectivity index (χ0v) is 10.6. The number of imide groups is 1. The predicted molar refractivity (Wildman–Crippen MR) is 64.5 cm³/mol. The van der Waals surface area contributed by atoms with Gasteiger partial charge in [0.05, 0.1) is 0 Å². The van der Waals surface area contributed by atoms with Gasteiger partial charge in [0.15, 0.2) is 5.78 Å². The predicted octanol–water partition coefficient (Wildman–Crippen LogP) is -0.674. The fraction of sp³-hybridized carbons (Fsp3) is 0.333. The Morgan fingerprint density at radius 1 is 1.21 bits per heavy atom. The number of nitrogens with one attached hydrogen (secondary N) is 1. The van der Waals surface area contributed by atoms with Gasteiger partial charge in [-0.3, -0.25) is 24.5 Å². The van der Waals surface area contributed by atoms with Crippen molar-refractivity contribution in [3.8, 4) is 0 Å². The Hall–Kier alpha value is -2.44. The highest BCUT2D eigenvalue weighted by Crippen LogP contribution is 2.11. The van der Waals surface area contributed by atoms with Crippen LogP contribution in [0.25, 0.3) is 0 Å². The van der Waals surface area contributed by atoms with Crippen molar-refractivity contribution in [1.82, 2.24) is 14.8 Å². The molecule has 0 bridgehead atoms. The molecule has 0 spiro atoms. The van der Waals surface area contributed by atoms with Gasteiger partial charge in [-0.05, 0) is 13.0 Å². The molecule has 1 fully saturated rings. The van der Waals surface area contributed by atoms with E-state index in [0.717, 1.165) is 4.90 Å². The lowest BCUT2D eigenvalue weighted by atomic mass is 10.2. The Morgan fingerprint density at radius 2 is 1.79 bits per heavy atom. The zero-order chi connectivity index (χ0) is 14.2. The maximum absolute atomic E-state index is 12.2. The van der Waals surface area contributed by atoms with E-state index in [4.69, 9.17) is 0 Å². The summed E-state index contributed by atoms with van der Waals surface area (Å²) in [6, 6.07) is 1.46. The van der Waals surface area contributed by atoms with Crippen LogP contribution in [0.4, 0.5) is 0 Å². The molecule has 100 valence electrons. The summed E-state index contributed by atoms with van der Waals surface area (Å²) in [5.74, 6) is -1.61. The molecule has 0 saturated carbocycles. The van der Waals surface area contributed by atoms with E-state index in [1.807, 2.05) is 0 Å². The van der Waals surface area contributed by atoms with Crippen LogP contribution < -0.4 is 5.32 Å². The normalized spacial score (nSPS) is 15.4. The van der Waals surface area contributed by atoms with Gasteiger partial charge in [-0.15, -0.1) is 0 Å². The van der Waals surface area contributed by atoms with E-state index in [0.29, 0.717) is 5.56 Å². The molecule has 7 heteroatoms. The molecule has 7 nitrogen and oxygen atoms in total. The maximum atomic E-state index is 12.2. The number of carbonyl (C=O) groups is 4.